The first-order valence-electron chi connectivity index (χ1n) is 6.20. The number of carbonyl (C=O) groups is 2. The molecule has 0 bridgehead atoms. The molecule has 0 saturated carbocycles. The number of ether oxygens (including phenoxy) is 1. The Bertz CT molecular complexity index is 601. The number of hydrogen-bond donors (Lipinski definition) is 2. The highest BCUT2D eigenvalue weighted by Crippen LogP contribution is 2.25. The summed E-state index contributed by atoms with van der Waals surface area (Å²) in [6.07, 6.45) is 5.55. The van der Waals surface area contributed by atoms with Gasteiger partial charge in [0.1, 0.15) is 4.88 Å². The molecule has 1 aromatic heterocycles. The molecule has 0 spiro atoms. The predicted molar refractivity (Wildman–Crippen MR) is 80.3 cm³/mol. The summed E-state index contributed by atoms with van der Waals surface area (Å²) in [7, 11) is 0. The topological polar surface area (TPSA) is 107 Å². The second-order valence-electron chi connectivity index (χ2n) is 3.88. The highest BCUT2D eigenvalue weighted by molar-refractivity contribution is 7.17. The predicted octanol–water partition coefficient (Wildman–Crippen LogP) is 1.10. The van der Waals surface area contributed by atoms with Crippen molar-refractivity contribution in [3.8, 4) is 12.3 Å². The van der Waals surface area contributed by atoms with Crippen molar-refractivity contribution in [2.24, 2.45) is 10.7 Å². The minimum Gasteiger partial charge on any atom is -0.462 e. The number of amides is 1. The second kappa shape index (κ2) is 8.01. The largest absolute Gasteiger partial charge is 0.462 e. The van der Waals surface area contributed by atoms with Crippen LogP contribution in [0, 0.1) is 19.3 Å². The Balaban J connectivity index is 2.76. The van der Waals surface area contributed by atoms with Crippen molar-refractivity contribution in [1.82, 2.24) is 10.3 Å². The van der Waals surface area contributed by atoms with Crippen molar-refractivity contribution in [2.45, 2.75) is 26.7 Å². The molecule has 0 aliphatic heterocycles. The lowest BCUT2D eigenvalue weighted by Crippen LogP contribution is -2.36. The first-order chi connectivity index (χ1) is 9.97. The molecular weight excluding hydrogens is 292 g/mol. The van der Waals surface area contributed by atoms with Gasteiger partial charge in [0.15, 0.2) is 0 Å². The third kappa shape index (κ3) is 5.24. The molecular formula is C13H16N4O3S. The van der Waals surface area contributed by atoms with Gasteiger partial charge in [0.2, 0.25) is 17.0 Å². The highest BCUT2D eigenvalue weighted by Gasteiger charge is 2.16. The van der Waals surface area contributed by atoms with E-state index in [2.05, 4.69) is 21.2 Å². The summed E-state index contributed by atoms with van der Waals surface area (Å²) in [6.45, 7) is 3.67. The van der Waals surface area contributed by atoms with Gasteiger partial charge < -0.3 is 10.5 Å². The van der Waals surface area contributed by atoms with E-state index in [-0.39, 0.29) is 30.0 Å². The number of aromatic nitrogens is 1. The first kappa shape index (κ1) is 16.7. The lowest BCUT2D eigenvalue weighted by Gasteiger charge is -2.01. The van der Waals surface area contributed by atoms with Crippen LogP contribution in [0.4, 0.5) is 5.13 Å². The molecule has 0 atom stereocenters. The monoisotopic (exact) mass is 308 g/mol. The van der Waals surface area contributed by atoms with Gasteiger partial charge in [-0.2, -0.15) is 4.99 Å². The minimum atomic E-state index is -0.453. The van der Waals surface area contributed by atoms with Crippen molar-refractivity contribution < 1.29 is 14.3 Å². The van der Waals surface area contributed by atoms with E-state index in [4.69, 9.17) is 16.9 Å². The number of hydrogen-bond acceptors (Lipinski definition) is 6. The Morgan fingerprint density at radius 1 is 1.57 bits per heavy atom. The molecule has 1 heterocycles. The molecule has 0 aliphatic carbocycles. The number of nitrogens with zero attached hydrogens (tertiary/aromatic N) is 2. The third-order valence-electron chi connectivity index (χ3n) is 2.23. The molecule has 0 unspecified atom stereocenters. The fourth-order valence-corrected chi connectivity index (χ4v) is 2.18. The van der Waals surface area contributed by atoms with E-state index in [9.17, 15) is 9.59 Å². The molecule has 1 rings (SSSR count). The number of nitrogens with two attached hydrogens (primary N) is 1. The fraction of sp³-hybridized carbons (Fsp3) is 0.385. The van der Waals surface area contributed by atoms with Gasteiger partial charge in [0.25, 0.3) is 0 Å². The summed E-state index contributed by atoms with van der Waals surface area (Å²) in [5, 5.41) is 2.66. The van der Waals surface area contributed by atoms with Gasteiger partial charge in [-0.25, -0.2) is 9.78 Å². The van der Waals surface area contributed by atoms with E-state index in [1.807, 2.05) is 0 Å². The number of aliphatic imine (C=N–C) groups is 1. The molecule has 1 amide bonds. The second-order valence-corrected chi connectivity index (χ2v) is 4.86. The normalized spacial score (nSPS) is 10.8. The average molecular weight is 308 g/mol. The maximum Gasteiger partial charge on any atom is 0.350 e. The Morgan fingerprint density at radius 3 is 2.90 bits per heavy atom. The van der Waals surface area contributed by atoms with Gasteiger partial charge in [-0.05, 0) is 13.8 Å². The number of carbonyl (C=O) groups excluding carboxylic acids is 2. The zero-order chi connectivity index (χ0) is 15.8. The summed E-state index contributed by atoms with van der Waals surface area (Å²) >= 11 is 1.04. The Morgan fingerprint density at radius 2 is 2.29 bits per heavy atom. The lowest BCUT2D eigenvalue weighted by molar-refractivity contribution is -0.119. The zero-order valence-corrected chi connectivity index (χ0v) is 12.6. The van der Waals surface area contributed by atoms with Crippen molar-refractivity contribution in [3.05, 3.63) is 10.6 Å². The van der Waals surface area contributed by atoms with Crippen LogP contribution >= 0.6 is 11.3 Å². The molecule has 3 N–H and O–H groups in total. The molecule has 0 aromatic carbocycles. The van der Waals surface area contributed by atoms with Gasteiger partial charge in [-0.3, -0.25) is 10.1 Å². The smallest absolute Gasteiger partial charge is 0.350 e. The van der Waals surface area contributed by atoms with E-state index in [0.29, 0.717) is 17.0 Å². The van der Waals surface area contributed by atoms with Crippen LogP contribution in [0.2, 0.25) is 0 Å². The first-order valence-corrected chi connectivity index (χ1v) is 7.01. The molecule has 8 heteroatoms. The number of esters is 1. The van der Waals surface area contributed by atoms with Gasteiger partial charge in [-0.15, -0.1) is 12.3 Å². The van der Waals surface area contributed by atoms with Crippen LogP contribution in [-0.4, -0.2) is 29.4 Å². The Hall–Kier alpha value is -2.40. The zero-order valence-electron chi connectivity index (χ0n) is 11.8. The highest BCUT2D eigenvalue weighted by atomic mass is 32.1. The van der Waals surface area contributed by atoms with Crippen molar-refractivity contribution in [3.63, 3.8) is 0 Å². The van der Waals surface area contributed by atoms with Crippen LogP contribution in [0.15, 0.2) is 4.99 Å². The van der Waals surface area contributed by atoms with E-state index in [0.717, 1.165) is 11.3 Å². The van der Waals surface area contributed by atoms with Gasteiger partial charge in [0, 0.05) is 12.8 Å². The molecule has 0 aliphatic rings. The summed E-state index contributed by atoms with van der Waals surface area (Å²) in [5.41, 5.74) is 6.09. The maximum atomic E-state index is 11.6. The summed E-state index contributed by atoms with van der Waals surface area (Å²) in [5.74, 6) is 1.48. The minimum absolute atomic E-state index is 0.0961. The van der Waals surface area contributed by atoms with Gasteiger partial charge >= 0.3 is 5.97 Å². The van der Waals surface area contributed by atoms with Gasteiger partial charge in [-0.1, -0.05) is 11.3 Å². The number of rotatable bonds is 5. The van der Waals surface area contributed by atoms with E-state index in [1.165, 1.54) is 0 Å². The van der Waals surface area contributed by atoms with Crippen molar-refractivity contribution >= 4 is 34.3 Å². The van der Waals surface area contributed by atoms with Crippen LogP contribution in [0.1, 0.15) is 35.1 Å². The summed E-state index contributed by atoms with van der Waals surface area (Å²) in [6, 6.07) is 0. The maximum absolute atomic E-state index is 11.6. The Labute approximate surface area is 126 Å². The standard InChI is InChI=1S/C13H16N4O3S/c1-4-6-7-9(18)16-12(14)17-13-15-8(3)10(21-13)11(19)20-5-2/h1H,5-7H2,2-3H3,(H3,14,15,16,17,18). The van der Waals surface area contributed by atoms with Crippen LogP contribution in [-0.2, 0) is 9.53 Å². The van der Waals surface area contributed by atoms with Gasteiger partial charge in [0.05, 0.1) is 12.3 Å². The summed E-state index contributed by atoms with van der Waals surface area (Å²) < 4.78 is 4.90. The number of guanidine groups is 1. The van der Waals surface area contributed by atoms with Crippen LogP contribution in [0.25, 0.3) is 0 Å². The molecule has 0 fully saturated rings. The van der Waals surface area contributed by atoms with E-state index < -0.39 is 5.97 Å². The molecule has 112 valence electrons. The molecule has 21 heavy (non-hydrogen) atoms. The number of aryl methyl sites for hydroxylation is 1. The molecule has 0 radical (unpaired) electrons. The number of terminal acetylenes is 1. The number of nitrogens with one attached hydrogen (secondary N) is 1. The SMILES string of the molecule is C#CCCC(=O)NC(N)=Nc1nc(C)c(C(=O)OCC)s1. The molecule has 1 aromatic rings. The van der Waals surface area contributed by atoms with E-state index >= 15 is 0 Å². The molecule has 0 saturated heterocycles. The average Bonchev–Trinajstić information content (AvgIpc) is 2.77. The summed E-state index contributed by atoms with van der Waals surface area (Å²) in [4.78, 5) is 31.4. The third-order valence-corrected chi connectivity index (χ3v) is 3.26. The van der Waals surface area contributed by atoms with Crippen molar-refractivity contribution in [2.75, 3.05) is 6.61 Å². The number of thiazole rings is 1. The quantitative estimate of drug-likeness (QED) is 0.367. The van der Waals surface area contributed by atoms with Crippen molar-refractivity contribution in [1.29, 1.82) is 0 Å². The fourth-order valence-electron chi connectivity index (χ4n) is 1.34. The Kier molecular flexibility index (Phi) is 6.36. The van der Waals surface area contributed by atoms with Crippen LogP contribution in [0.5, 0.6) is 0 Å². The van der Waals surface area contributed by atoms with Crippen LogP contribution in [0.3, 0.4) is 0 Å². The van der Waals surface area contributed by atoms with Crippen LogP contribution < -0.4 is 11.1 Å². The lowest BCUT2D eigenvalue weighted by atomic mass is 10.3. The molecule has 7 nitrogen and oxygen atoms in total. The van der Waals surface area contributed by atoms with E-state index in [1.54, 1.807) is 13.8 Å².